The topological polar surface area (TPSA) is 45.5 Å². The highest BCUT2D eigenvalue weighted by Crippen LogP contribution is 2.17. The van der Waals surface area contributed by atoms with E-state index < -0.39 is 0 Å². The third kappa shape index (κ3) is 2.18. The van der Waals surface area contributed by atoms with Crippen LogP contribution in [0, 0.1) is 0 Å². The maximum atomic E-state index is 9.28. The molecule has 0 fully saturated rings. The van der Waals surface area contributed by atoms with Crippen molar-refractivity contribution >= 4 is 16.6 Å². The van der Waals surface area contributed by atoms with Gasteiger partial charge < -0.3 is 5.21 Å². The fraction of sp³-hybridized carbons (Fsp3) is 0. The Morgan fingerprint density at radius 3 is 2.53 bits per heavy atom. The van der Waals surface area contributed by atoms with Crippen LogP contribution in [0.2, 0.25) is 0 Å². The first-order chi connectivity index (χ1) is 9.38. The van der Waals surface area contributed by atoms with Crippen LogP contribution in [0.1, 0.15) is 11.1 Å². The predicted molar refractivity (Wildman–Crippen MR) is 75.6 cm³/mol. The molecule has 1 N–H and O–H groups in total. The van der Waals surface area contributed by atoms with Crippen molar-refractivity contribution in [1.82, 2.24) is 4.98 Å². The van der Waals surface area contributed by atoms with Crippen LogP contribution in [-0.2, 0) is 0 Å². The molecule has 1 aromatic heterocycles. The summed E-state index contributed by atoms with van der Waals surface area (Å²) in [6.45, 7) is 0. The van der Waals surface area contributed by atoms with Gasteiger partial charge in [-0.05, 0) is 18.2 Å². The lowest BCUT2D eigenvalue weighted by Gasteiger charge is -2.06. The SMILES string of the molecule is O/N=C(\c1ccccc1)c1ccc2ncccc2c1. The monoisotopic (exact) mass is 248 g/mol. The summed E-state index contributed by atoms with van der Waals surface area (Å²) in [6.07, 6.45) is 1.76. The number of fused-ring (bicyclic) bond motifs is 1. The van der Waals surface area contributed by atoms with Gasteiger partial charge in [-0.25, -0.2) is 0 Å². The lowest BCUT2D eigenvalue weighted by atomic mass is 10.0. The van der Waals surface area contributed by atoms with Gasteiger partial charge in [-0.2, -0.15) is 0 Å². The third-order valence-corrected chi connectivity index (χ3v) is 3.02. The van der Waals surface area contributed by atoms with Crippen molar-refractivity contribution in [1.29, 1.82) is 0 Å². The molecule has 92 valence electrons. The molecule has 0 amide bonds. The number of aromatic nitrogens is 1. The second-order valence-corrected chi connectivity index (χ2v) is 4.23. The minimum absolute atomic E-state index is 0.561. The minimum atomic E-state index is 0.561. The summed E-state index contributed by atoms with van der Waals surface area (Å²) in [4.78, 5) is 4.28. The average molecular weight is 248 g/mol. The second-order valence-electron chi connectivity index (χ2n) is 4.23. The van der Waals surface area contributed by atoms with Gasteiger partial charge in [0.15, 0.2) is 0 Å². The molecule has 0 saturated heterocycles. The van der Waals surface area contributed by atoms with Crippen LogP contribution in [0.15, 0.2) is 72.0 Å². The van der Waals surface area contributed by atoms with E-state index in [1.807, 2.05) is 60.7 Å². The molecule has 3 aromatic rings. The number of pyridine rings is 1. The molecule has 0 unspecified atom stereocenters. The lowest BCUT2D eigenvalue weighted by molar-refractivity contribution is 0.319. The van der Waals surface area contributed by atoms with Crippen LogP contribution in [0.4, 0.5) is 0 Å². The third-order valence-electron chi connectivity index (χ3n) is 3.02. The summed E-state index contributed by atoms with van der Waals surface area (Å²) in [5.41, 5.74) is 3.24. The van der Waals surface area contributed by atoms with Gasteiger partial charge in [0.2, 0.25) is 0 Å². The van der Waals surface area contributed by atoms with E-state index >= 15 is 0 Å². The fourth-order valence-corrected chi connectivity index (χ4v) is 2.10. The van der Waals surface area contributed by atoms with Gasteiger partial charge in [0.25, 0.3) is 0 Å². The molecule has 19 heavy (non-hydrogen) atoms. The molecular formula is C16H12N2O. The summed E-state index contributed by atoms with van der Waals surface area (Å²) in [6, 6.07) is 19.3. The zero-order chi connectivity index (χ0) is 13.1. The van der Waals surface area contributed by atoms with Crippen molar-refractivity contribution in [2.24, 2.45) is 5.16 Å². The molecular weight excluding hydrogens is 236 g/mol. The highest BCUT2D eigenvalue weighted by molar-refractivity contribution is 6.13. The van der Waals surface area contributed by atoms with Gasteiger partial charge in [-0.15, -0.1) is 0 Å². The van der Waals surface area contributed by atoms with Crippen molar-refractivity contribution in [3.05, 3.63) is 78.0 Å². The molecule has 3 rings (SSSR count). The zero-order valence-electron chi connectivity index (χ0n) is 10.2. The highest BCUT2D eigenvalue weighted by atomic mass is 16.4. The van der Waals surface area contributed by atoms with E-state index in [0.717, 1.165) is 22.0 Å². The van der Waals surface area contributed by atoms with Gasteiger partial charge in [-0.1, -0.05) is 47.6 Å². The number of hydrogen-bond donors (Lipinski definition) is 1. The van der Waals surface area contributed by atoms with Gasteiger partial charge in [0.05, 0.1) is 5.52 Å². The van der Waals surface area contributed by atoms with Gasteiger partial charge >= 0.3 is 0 Å². The highest BCUT2D eigenvalue weighted by Gasteiger charge is 2.08. The standard InChI is InChI=1S/C16H12N2O/c19-18-16(12-5-2-1-3-6-12)14-8-9-15-13(11-14)7-4-10-17-15/h1-11,19H/b18-16+. The van der Waals surface area contributed by atoms with Crippen LogP contribution in [0.3, 0.4) is 0 Å². The van der Waals surface area contributed by atoms with Crippen LogP contribution < -0.4 is 0 Å². The van der Waals surface area contributed by atoms with Crippen molar-refractivity contribution in [2.75, 3.05) is 0 Å². The van der Waals surface area contributed by atoms with E-state index in [0.29, 0.717) is 5.71 Å². The molecule has 0 saturated carbocycles. The van der Waals surface area contributed by atoms with E-state index in [4.69, 9.17) is 0 Å². The quantitative estimate of drug-likeness (QED) is 0.429. The van der Waals surface area contributed by atoms with Crippen LogP contribution >= 0.6 is 0 Å². The first-order valence-electron chi connectivity index (χ1n) is 6.01. The summed E-state index contributed by atoms with van der Waals surface area (Å²) in [5, 5.41) is 13.7. The number of rotatable bonds is 2. The first kappa shape index (κ1) is 11.4. The molecule has 0 radical (unpaired) electrons. The Morgan fingerprint density at radius 1 is 0.895 bits per heavy atom. The molecule has 0 spiro atoms. The predicted octanol–water partition coefficient (Wildman–Crippen LogP) is 3.46. The Kier molecular flexibility index (Phi) is 2.94. The Morgan fingerprint density at radius 2 is 1.74 bits per heavy atom. The van der Waals surface area contributed by atoms with Gasteiger partial charge in [-0.3, -0.25) is 4.98 Å². The summed E-state index contributed by atoms with van der Waals surface area (Å²) < 4.78 is 0. The minimum Gasteiger partial charge on any atom is -0.410 e. The second kappa shape index (κ2) is 4.90. The van der Waals surface area contributed by atoms with E-state index in [-0.39, 0.29) is 0 Å². The molecule has 0 aliphatic carbocycles. The zero-order valence-corrected chi connectivity index (χ0v) is 10.2. The number of hydrogen-bond acceptors (Lipinski definition) is 3. The lowest BCUT2D eigenvalue weighted by Crippen LogP contribution is -2.03. The Hall–Kier alpha value is -2.68. The molecule has 3 nitrogen and oxygen atoms in total. The maximum absolute atomic E-state index is 9.28. The average Bonchev–Trinajstić information content (AvgIpc) is 2.49. The Labute approximate surface area is 110 Å². The molecule has 0 aliphatic rings. The Balaban J connectivity index is 2.12. The fourth-order valence-electron chi connectivity index (χ4n) is 2.10. The van der Waals surface area contributed by atoms with Crippen molar-refractivity contribution in [3.8, 4) is 0 Å². The van der Waals surface area contributed by atoms with Crippen molar-refractivity contribution in [2.45, 2.75) is 0 Å². The molecule has 1 heterocycles. The molecule has 0 bridgehead atoms. The summed E-state index contributed by atoms with van der Waals surface area (Å²) >= 11 is 0. The van der Waals surface area contributed by atoms with E-state index in [9.17, 15) is 5.21 Å². The van der Waals surface area contributed by atoms with E-state index in [2.05, 4.69) is 10.1 Å². The summed E-state index contributed by atoms with van der Waals surface area (Å²) in [5.74, 6) is 0. The molecule has 0 aliphatic heterocycles. The van der Waals surface area contributed by atoms with Crippen LogP contribution in [0.25, 0.3) is 10.9 Å². The smallest absolute Gasteiger partial charge is 0.117 e. The van der Waals surface area contributed by atoms with Gasteiger partial charge in [0.1, 0.15) is 5.71 Å². The Bertz CT molecular complexity index is 736. The van der Waals surface area contributed by atoms with Crippen LogP contribution in [0.5, 0.6) is 0 Å². The molecule has 3 heteroatoms. The largest absolute Gasteiger partial charge is 0.410 e. The van der Waals surface area contributed by atoms with E-state index in [1.54, 1.807) is 6.20 Å². The first-order valence-corrected chi connectivity index (χ1v) is 6.01. The maximum Gasteiger partial charge on any atom is 0.117 e. The molecule has 2 aromatic carbocycles. The van der Waals surface area contributed by atoms with Crippen molar-refractivity contribution in [3.63, 3.8) is 0 Å². The van der Waals surface area contributed by atoms with Crippen LogP contribution in [-0.4, -0.2) is 15.9 Å². The van der Waals surface area contributed by atoms with E-state index in [1.165, 1.54) is 0 Å². The number of oxime groups is 1. The normalized spacial score (nSPS) is 11.7. The molecule has 0 atom stereocenters. The number of nitrogens with zero attached hydrogens (tertiary/aromatic N) is 2. The summed E-state index contributed by atoms with van der Waals surface area (Å²) in [7, 11) is 0. The van der Waals surface area contributed by atoms with Gasteiger partial charge in [0, 0.05) is 22.7 Å². The van der Waals surface area contributed by atoms with Crippen molar-refractivity contribution < 1.29 is 5.21 Å². The number of benzene rings is 2.